The molecule has 1 nitrogen and oxygen atoms in total. The summed E-state index contributed by atoms with van der Waals surface area (Å²) in [6.45, 7) is 4.34. The van der Waals surface area contributed by atoms with Crippen molar-refractivity contribution in [1.82, 2.24) is 0 Å². The van der Waals surface area contributed by atoms with Gasteiger partial charge in [-0.05, 0) is 0 Å². The number of alkyl halides is 12. The van der Waals surface area contributed by atoms with Crippen molar-refractivity contribution >= 4 is 13.3 Å². The Balaban J connectivity index is 0. The molecule has 0 atom stereocenters. The Hall–Kier alpha value is -1.72. The maximum atomic E-state index is 12.6. The topological polar surface area (TPSA) is 4.36 Å². The van der Waals surface area contributed by atoms with Crippen molar-refractivity contribution < 1.29 is 69.7 Å². The zero-order valence-electron chi connectivity index (χ0n) is 16.7. The minimum Gasteiger partial charge on any atom is -0.214 e. The second kappa shape index (κ2) is 13.2. The molecule has 0 radical (unpaired) electrons. The quantitative estimate of drug-likeness (QED) is 0.161. The summed E-state index contributed by atoms with van der Waals surface area (Å²) >= 11 is -2.84. The van der Waals surface area contributed by atoms with Crippen LogP contribution in [0.15, 0.2) is 30.3 Å². The van der Waals surface area contributed by atoms with Crippen LogP contribution in [0.25, 0.3) is 4.85 Å². The van der Waals surface area contributed by atoms with Gasteiger partial charge in [-0.2, -0.15) is 44.5 Å². The van der Waals surface area contributed by atoms with Gasteiger partial charge in [-0.3, -0.25) is 0 Å². The van der Waals surface area contributed by atoms with Gasteiger partial charge >= 0.3 is 125 Å². The summed E-state index contributed by atoms with van der Waals surface area (Å²) in [6.07, 6.45) is -20.4. The van der Waals surface area contributed by atoms with Crippen molar-refractivity contribution in [2.24, 2.45) is 0 Å². The maximum absolute atomic E-state index is 12.6. The van der Waals surface area contributed by atoms with Crippen molar-refractivity contribution in [3.63, 3.8) is 0 Å². The van der Waals surface area contributed by atoms with Gasteiger partial charge in [0.15, 0.2) is 0 Å². The molecular formula is C18H14ClF12NW-. The van der Waals surface area contributed by atoms with Gasteiger partial charge < -0.3 is 0 Å². The number of hydrogen-bond acceptors (Lipinski definition) is 0. The average Bonchev–Trinajstić information content (AvgIpc) is 3.12. The third-order valence-corrected chi connectivity index (χ3v) is 5.63. The zero-order valence-corrected chi connectivity index (χ0v) is 20.3. The van der Waals surface area contributed by atoms with E-state index >= 15 is 0 Å². The summed E-state index contributed by atoms with van der Waals surface area (Å²) < 4.78 is 139. The molecule has 0 aromatic heterocycles. The molecule has 0 aliphatic carbocycles. The molecule has 0 N–H and O–H groups in total. The molecule has 1 aromatic carbocycles. The Kier molecular flexibility index (Phi) is 13.4. The van der Waals surface area contributed by atoms with Crippen molar-refractivity contribution in [1.29, 1.82) is 0 Å². The van der Waals surface area contributed by atoms with E-state index in [4.69, 9.17) is 9.42 Å². The fourth-order valence-corrected chi connectivity index (χ4v) is 3.67. The van der Waals surface area contributed by atoms with E-state index in [1.165, 1.54) is 26.8 Å². The van der Waals surface area contributed by atoms with Gasteiger partial charge in [0.1, 0.15) is 0 Å². The Morgan fingerprint density at radius 3 is 1.39 bits per heavy atom. The predicted octanol–water partition coefficient (Wildman–Crippen LogP) is 7.75. The van der Waals surface area contributed by atoms with Crippen molar-refractivity contribution in [3.8, 4) is 17.9 Å². The first-order chi connectivity index (χ1) is 14.5. The molecule has 1 aromatic rings. The molecule has 0 aliphatic rings. The molecule has 0 amide bonds. The predicted molar refractivity (Wildman–Crippen MR) is 95.1 cm³/mol. The Morgan fingerprint density at radius 2 is 1.21 bits per heavy atom. The molecule has 1 rings (SSSR count). The van der Waals surface area contributed by atoms with Crippen LogP contribution in [0.3, 0.4) is 0 Å². The normalized spacial score (nSPS) is 12.5. The molecule has 0 heterocycles. The molecule has 0 spiro atoms. The van der Waals surface area contributed by atoms with E-state index in [2.05, 4.69) is 4.85 Å². The van der Waals surface area contributed by atoms with Crippen molar-refractivity contribution in [3.05, 3.63) is 41.1 Å². The van der Waals surface area contributed by atoms with Crippen molar-refractivity contribution in [2.45, 2.75) is 51.0 Å². The van der Waals surface area contributed by atoms with Crippen LogP contribution in [0.1, 0.15) is 20.8 Å². The molecule has 0 saturated heterocycles. The third kappa shape index (κ3) is 20.6. The summed E-state index contributed by atoms with van der Waals surface area (Å²) in [4.78, 5) is 3.35. The fraction of sp³-hybridized carbons (Fsp3) is 0.444. The minimum atomic E-state index is -5.17. The largest absolute Gasteiger partial charge is 0.457 e. The van der Waals surface area contributed by atoms with Crippen LogP contribution in [0.4, 0.5) is 52.7 Å². The number of rotatable bonds is 1. The summed E-state index contributed by atoms with van der Waals surface area (Å²) in [5.41, 5.74) is -0.954. The second-order valence-electron chi connectivity index (χ2n) is 6.38. The van der Waals surface area contributed by atoms with Crippen LogP contribution in [-0.4, -0.2) is 34.1 Å². The Bertz CT molecular complexity index is 798. The maximum Gasteiger partial charge on any atom is 0.457 e. The van der Waals surface area contributed by atoms with Crippen LogP contribution >= 0.6 is 9.42 Å². The summed E-state index contributed by atoms with van der Waals surface area (Å²) in [5.74, 6) is -1.74. The van der Waals surface area contributed by atoms with Gasteiger partial charge in [0, 0.05) is 11.8 Å². The molecule has 0 saturated carbocycles. The minimum absolute atomic E-state index is 0.0868. The van der Waals surface area contributed by atoms with E-state index in [-0.39, 0.29) is 11.8 Å². The molecule has 189 valence electrons. The molecule has 0 aliphatic heterocycles. The van der Waals surface area contributed by atoms with Gasteiger partial charge in [-0.15, -0.1) is 0 Å². The SMILES string of the molecule is CC(C)(C)[N+]#C[C-]([C](=[W][Cl])C(F)(F)F)C(F)(F)F.FC(F)(F)C#CC(F)(F)F.c1cc[cH-]c1. The van der Waals surface area contributed by atoms with Gasteiger partial charge in [-0.25, -0.2) is 12.1 Å². The number of nitrogens with zero attached hydrogens (tertiary/aromatic N) is 1. The summed E-state index contributed by atoms with van der Waals surface area (Å²) in [7, 11) is 5.11. The average molecular weight is 692 g/mol. The summed E-state index contributed by atoms with van der Waals surface area (Å²) in [6, 6.07) is 11.5. The molecule has 15 heteroatoms. The van der Waals surface area contributed by atoms with Crippen LogP contribution in [0, 0.1) is 23.8 Å². The van der Waals surface area contributed by atoms with Crippen LogP contribution in [-0.2, 0) is 17.1 Å². The first-order valence-corrected chi connectivity index (χ1v) is 13.1. The van der Waals surface area contributed by atoms with Crippen LogP contribution < -0.4 is 0 Å². The number of hydrogen-bond donors (Lipinski definition) is 0. The Morgan fingerprint density at radius 1 is 0.818 bits per heavy atom. The second-order valence-corrected chi connectivity index (χ2v) is 9.66. The first-order valence-electron chi connectivity index (χ1n) is 7.99. The zero-order chi connectivity index (χ0) is 26.7. The Labute approximate surface area is 193 Å². The number of halogens is 13. The van der Waals surface area contributed by atoms with Gasteiger partial charge in [0.25, 0.3) is 0 Å². The van der Waals surface area contributed by atoms with E-state index in [0.717, 1.165) is 0 Å². The van der Waals surface area contributed by atoms with E-state index < -0.39 is 57.1 Å². The smallest absolute Gasteiger partial charge is 0.214 e. The van der Waals surface area contributed by atoms with E-state index in [0.29, 0.717) is 0 Å². The van der Waals surface area contributed by atoms with Gasteiger partial charge in [0.05, 0.1) is 0 Å². The third-order valence-electron chi connectivity index (χ3n) is 2.25. The van der Waals surface area contributed by atoms with E-state index in [1.54, 1.807) is 0 Å². The fourth-order valence-electron chi connectivity index (χ4n) is 1.15. The first kappa shape index (κ1) is 33.5. The molecular weight excluding hydrogens is 677 g/mol. The summed E-state index contributed by atoms with van der Waals surface area (Å²) in [5, 5.41) is 0. The van der Waals surface area contributed by atoms with E-state index in [9.17, 15) is 52.7 Å². The van der Waals surface area contributed by atoms with E-state index in [1.807, 2.05) is 30.3 Å². The molecule has 0 unspecified atom stereocenters. The van der Waals surface area contributed by atoms with Gasteiger partial charge in [-0.1, -0.05) is 0 Å². The van der Waals surface area contributed by atoms with Gasteiger partial charge in [0.2, 0.25) is 0 Å². The monoisotopic (exact) mass is 691 g/mol. The molecule has 33 heavy (non-hydrogen) atoms. The van der Waals surface area contributed by atoms with Crippen LogP contribution in [0.2, 0.25) is 0 Å². The molecule has 0 bridgehead atoms. The molecule has 0 fully saturated rings. The standard InChI is InChI=1S/C9H9F6N.C5H5.C4F6.ClH.W/c1-7(2,3)16-5-6(9(13,14)15)4-8(10,11)12;1-2-4-5-3-1;5-3(6,7)1-2-4(8,9)10;;/h1-3H3;1-5H;;1H;/q;-1;;;+1/p-1. The van der Waals surface area contributed by atoms with Crippen LogP contribution in [0.5, 0.6) is 0 Å². The van der Waals surface area contributed by atoms with Crippen molar-refractivity contribution in [2.75, 3.05) is 0 Å².